The fourth-order valence-corrected chi connectivity index (χ4v) is 3.93. The Hall–Kier alpha value is -2.38. The summed E-state index contributed by atoms with van der Waals surface area (Å²) in [5, 5.41) is 8.74. The van der Waals surface area contributed by atoms with E-state index >= 15 is 0 Å². The molecule has 0 bridgehead atoms. The van der Waals surface area contributed by atoms with Crippen LogP contribution < -0.4 is 4.90 Å². The van der Waals surface area contributed by atoms with Crippen molar-refractivity contribution in [1.82, 2.24) is 24.5 Å². The lowest BCUT2D eigenvalue weighted by atomic mass is 10.1. The van der Waals surface area contributed by atoms with Gasteiger partial charge in [0.25, 0.3) is 0 Å². The molecular formula is C20H24N6S. The number of fused-ring (bicyclic) bond motifs is 1. The lowest BCUT2D eigenvalue weighted by molar-refractivity contribution is 0.429. The summed E-state index contributed by atoms with van der Waals surface area (Å²) >= 11 is 1.81. The zero-order valence-corrected chi connectivity index (χ0v) is 16.8. The highest BCUT2D eigenvalue weighted by atomic mass is 32.2. The summed E-state index contributed by atoms with van der Waals surface area (Å²) < 4.78 is 2.38. The van der Waals surface area contributed by atoms with Crippen LogP contribution in [0.5, 0.6) is 0 Å². The molecule has 2 aromatic heterocycles. The monoisotopic (exact) mass is 380 g/mol. The van der Waals surface area contributed by atoms with E-state index in [1.54, 1.807) is 18.3 Å². The number of anilines is 1. The molecule has 1 aliphatic rings. The Labute approximate surface area is 163 Å². The SMILES string of the molecule is CSN1CCN(c2cc(-c3n[nH]c4ccc(C=C(C)C)cc34)ncn2)CC1. The van der Waals surface area contributed by atoms with E-state index in [2.05, 4.69) is 79.8 Å². The van der Waals surface area contributed by atoms with E-state index in [1.807, 2.05) is 0 Å². The molecular weight excluding hydrogens is 356 g/mol. The maximum Gasteiger partial charge on any atom is 0.132 e. The number of hydrogen-bond donors (Lipinski definition) is 1. The Bertz CT molecular complexity index is 968. The Kier molecular flexibility index (Phi) is 5.13. The normalized spacial score (nSPS) is 15.3. The number of benzene rings is 1. The van der Waals surface area contributed by atoms with Gasteiger partial charge in [-0.2, -0.15) is 5.10 Å². The number of H-pyrrole nitrogens is 1. The molecule has 0 unspecified atom stereocenters. The summed E-state index contributed by atoms with van der Waals surface area (Å²) in [4.78, 5) is 11.3. The van der Waals surface area contributed by atoms with Crippen molar-refractivity contribution in [2.75, 3.05) is 37.3 Å². The van der Waals surface area contributed by atoms with Crippen LogP contribution >= 0.6 is 11.9 Å². The molecule has 6 nitrogen and oxygen atoms in total. The average Bonchev–Trinajstić information content (AvgIpc) is 3.11. The maximum absolute atomic E-state index is 4.53. The summed E-state index contributed by atoms with van der Waals surface area (Å²) in [6.45, 7) is 8.24. The van der Waals surface area contributed by atoms with Crippen LogP contribution in [0.25, 0.3) is 28.4 Å². The standard InChI is InChI=1S/C20H24N6S/c1-14(2)10-15-4-5-17-16(11-15)20(24-23-17)18-12-19(22-13-21-18)25-6-8-26(27-3)9-7-25/h4-5,10-13H,6-9H2,1-3H3,(H,23,24). The number of allylic oxidation sites excluding steroid dienone is 1. The molecule has 4 rings (SSSR count). The minimum Gasteiger partial charge on any atom is -0.354 e. The van der Waals surface area contributed by atoms with Gasteiger partial charge < -0.3 is 4.90 Å². The summed E-state index contributed by atoms with van der Waals surface area (Å²) in [5.41, 5.74) is 5.19. The minimum absolute atomic E-state index is 0.855. The van der Waals surface area contributed by atoms with E-state index < -0.39 is 0 Å². The fraction of sp³-hybridized carbons (Fsp3) is 0.350. The Balaban J connectivity index is 1.67. The molecule has 0 atom stereocenters. The van der Waals surface area contributed by atoms with Crippen LogP contribution in [0.2, 0.25) is 0 Å². The Morgan fingerprint density at radius 3 is 2.67 bits per heavy atom. The van der Waals surface area contributed by atoms with E-state index in [4.69, 9.17) is 0 Å². The molecule has 0 saturated carbocycles. The molecule has 1 aliphatic heterocycles. The van der Waals surface area contributed by atoms with Crippen molar-refractivity contribution in [3.8, 4) is 11.4 Å². The van der Waals surface area contributed by atoms with Crippen LogP contribution in [0.1, 0.15) is 19.4 Å². The summed E-state index contributed by atoms with van der Waals surface area (Å²) in [5.74, 6) is 0.970. The number of rotatable bonds is 4. The van der Waals surface area contributed by atoms with Crippen LogP contribution in [-0.2, 0) is 0 Å². The molecule has 0 spiro atoms. The van der Waals surface area contributed by atoms with Crippen LogP contribution in [0.15, 0.2) is 36.2 Å². The highest BCUT2D eigenvalue weighted by molar-refractivity contribution is 7.96. The molecule has 1 fully saturated rings. The number of aromatic nitrogens is 4. The Morgan fingerprint density at radius 2 is 1.93 bits per heavy atom. The quantitative estimate of drug-likeness (QED) is 0.694. The second-order valence-electron chi connectivity index (χ2n) is 6.96. The van der Waals surface area contributed by atoms with Crippen LogP contribution in [0, 0.1) is 0 Å². The van der Waals surface area contributed by atoms with Crippen molar-refractivity contribution in [1.29, 1.82) is 0 Å². The first-order chi connectivity index (χ1) is 13.1. The van der Waals surface area contributed by atoms with Crippen molar-refractivity contribution < 1.29 is 0 Å². The smallest absolute Gasteiger partial charge is 0.132 e. The zero-order chi connectivity index (χ0) is 18.8. The predicted octanol–water partition coefficient (Wildman–Crippen LogP) is 3.84. The van der Waals surface area contributed by atoms with Crippen molar-refractivity contribution in [3.63, 3.8) is 0 Å². The van der Waals surface area contributed by atoms with Crippen molar-refractivity contribution >= 4 is 34.7 Å². The zero-order valence-electron chi connectivity index (χ0n) is 15.9. The molecule has 0 radical (unpaired) electrons. The van der Waals surface area contributed by atoms with Gasteiger partial charge in [0.1, 0.15) is 17.8 Å². The highest BCUT2D eigenvalue weighted by Gasteiger charge is 2.19. The lowest BCUT2D eigenvalue weighted by Gasteiger charge is -2.33. The van der Waals surface area contributed by atoms with Gasteiger partial charge in [-0.3, -0.25) is 5.10 Å². The molecule has 1 saturated heterocycles. The van der Waals surface area contributed by atoms with Gasteiger partial charge in [-0.1, -0.05) is 29.7 Å². The van der Waals surface area contributed by atoms with Gasteiger partial charge in [0.2, 0.25) is 0 Å². The van der Waals surface area contributed by atoms with Crippen molar-refractivity contribution in [2.45, 2.75) is 13.8 Å². The number of nitrogens with one attached hydrogen (secondary N) is 1. The van der Waals surface area contributed by atoms with E-state index in [9.17, 15) is 0 Å². The molecule has 1 N–H and O–H groups in total. The van der Waals surface area contributed by atoms with Gasteiger partial charge in [0.05, 0.1) is 11.2 Å². The first-order valence-electron chi connectivity index (χ1n) is 9.13. The van der Waals surface area contributed by atoms with Crippen molar-refractivity contribution in [2.24, 2.45) is 0 Å². The molecule has 27 heavy (non-hydrogen) atoms. The molecule has 1 aromatic carbocycles. The summed E-state index contributed by atoms with van der Waals surface area (Å²) in [7, 11) is 0. The minimum atomic E-state index is 0.855. The van der Waals surface area contributed by atoms with Gasteiger partial charge in [0.15, 0.2) is 0 Å². The van der Waals surface area contributed by atoms with Gasteiger partial charge in [-0.05, 0) is 37.8 Å². The second kappa shape index (κ2) is 7.70. The molecule has 0 aliphatic carbocycles. The van der Waals surface area contributed by atoms with Crippen LogP contribution in [0.4, 0.5) is 5.82 Å². The van der Waals surface area contributed by atoms with Crippen LogP contribution in [0.3, 0.4) is 0 Å². The average molecular weight is 381 g/mol. The largest absolute Gasteiger partial charge is 0.354 e. The van der Waals surface area contributed by atoms with E-state index in [1.165, 1.54) is 11.1 Å². The van der Waals surface area contributed by atoms with Gasteiger partial charge in [0, 0.05) is 37.6 Å². The first-order valence-corrected chi connectivity index (χ1v) is 10.3. The van der Waals surface area contributed by atoms with E-state index in [-0.39, 0.29) is 0 Å². The molecule has 140 valence electrons. The third kappa shape index (κ3) is 3.84. The van der Waals surface area contributed by atoms with E-state index in [0.29, 0.717) is 0 Å². The van der Waals surface area contributed by atoms with Crippen molar-refractivity contribution in [3.05, 3.63) is 41.7 Å². The van der Waals surface area contributed by atoms with E-state index in [0.717, 1.165) is 54.3 Å². The highest BCUT2D eigenvalue weighted by Crippen LogP contribution is 2.28. The third-order valence-electron chi connectivity index (χ3n) is 4.76. The summed E-state index contributed by atoms with van der Waals surface area (Å²) in [6.07, 6.45) is 5.95. The topological polar surface area (TPSA) is 60.9 Å². The second-order valence-corrected chi connectivity index (χ2v) is 7.84. The number of hydrogen-bond acceptors (Lipinski definition) is 6. The molecule has 3 aromatic rings. The lowest BCUT2D eigenvalue weighted by Crippen LogP contribution is -2.43. The molecule has 3 heterocycles. The fourth-order valence-electron chi connectivity index (χ4n) is 3.40. The first kappa shape index (κ1) is 18.0. The predicted molar refractivity (Wildman–Crippen MR) is 114 cm³/mol. The third-order valence-corrected chi connectivity index (χ3v) is 5.64. The molecule has 0 amide bonds. The maximum atomic E-state index is 4.53. The number of piperazine rings is 1. The number of nitrogens with zero attached hydrogens (tertiary/aromatic N) is 5. The molecule has 7 heteroatoms. The summed E-state index contributed by atoms with van der Waals surface area (Å²) in [6, 6.07) is 8.40. The Morgan fingerprint density at radius 1 is 1.11 bits per heavy atom. The van der Waals surface area contributed by atoms with Crippen LogP contribution in [-0.4, -0.2) is 56.9 Å². The van der Waals surface area contributed by atoms with Gasteiger partial charge in [-0.25, -0.2) is 14.3 Å². The number of aromatic amines is 1. The van der Waals surface area contributed by atoms with Gasteiger partial charge >= 0.3 is 0 Å². The van der Waals surface area contributed by atoms with Gasteiger partial charge in [-0.15, -0.1) is 0 Å².